The van der Waals surface area contributed by atoms with Crippen LogP contribution < -0.4 is 20.1 Å². The number of guanidine groups is 1. The molecule has 0 spiro atoms. The number of rotatable bonds is 9. The van der Waals surface area contributed by atoms with E-state index >= 15 is 0 Å². The average Bonchev–Trinajstić information content (AvgIpc) is 2.74. The Morgan fingerprint density at radius 1 is 1.03 bits per heavy atom. The summed E-state index contributed by atoms with van der Waals surface area (Å²) in [5, 5.41) is 6.57. The van der Waals surface area contributed by atoms with E-state index in [-0.39, 0.29) is 12.5 Å². The third kappa shape index (κ3) is 7.73. The van der Waals surface area contributed by atoms with Crippen LogP contribution in [0.3, 0.4) is 0 Å². The molecule has 0 aliphatic rings. The molecule has 7 heteroatoms. The Balaban J connectivity index is 1.96. The van der Waals surface area contributed by atoms with Gasteiger partial charge in [-0.05, 0) is 42.3 Å². The lowest BCUT2D eigenvalue weighted by atomic mass is 10.2. The number of amides is 1. The molecule has 0 saturated heterocycles. The minimum absolute atomic E-state index is 0.0183. The van der Waals surface area contributed by atoms with E-state index in [1.165, 1.54) is 4.90 Å². The fourth-order valence-electron chi connectivity index (χ4n) is 2.49. The molecule has 0 aliphatic carbocycles. The maximum atomic E-state index is 11.7. The van der Waals surface area contributed by atoms with Crippen LogP contribution in [0.15, 0.2) is 53.5 Å². The summed E-state index contributed by atoms with van der Waals surface area (Å²) in [4.78, 5) is 17.8. The molecule has 0 aliphatic heterocycles. The number of hydrogen-bond acceptors (Lipinski definition) is 4. The van der Waals surface area contributed by atoms with Gasteiger partial charge < -0.3 is 25.0 Å². The highest BCUT2D eigenvalue weighted by Gasteiger charge is 2.05. The van der Waals surface area contributed by atoms with E-state index in [0.29, 0.717) is 18.8 Å². The zero-order valence-corrected chi connectivity index (χ0v) is 17.6. The highest BCUT2D eigenvalue weighted by Crippen LogP contribution is 2.14. The van der Waals surface area contributed by atoms with Crippen molar-refractivity contribution in [3.05, 3.63) is 59.7 Å². The minimum atomic E-state index is -0.0791. The molecule has 2 aromatic rings. The minimum Gasteiger partial charge on any atom is -0.497 e. The van der Waals surface area contributed by atoms with Gasteiger partial charge in [-0.25, -0.2) is 4.99 Å². The van der Waals surface area contributed by atoms with Crippen LogP contribution in [0.4, 0.5) is 0 Å². The third-order valence-corrected chi connectivity index (χ3v) is 4.12. The van der Waals surface area contributed by atoms with Gasteiger partial charge in [0.25, 0.3) is 5.91 Å². The molecule has 29 heavy (non-hydrogen) atoms. The number of hydrogen-bond donors (Lipinski definition) is 2. The quantitative estimate of drug-likeness (QED) is 0.501. The SMILES string of the molecule is CCNC(=NCc1cccc(OCC(=O)N(C)C)c1)NCc1cccc(OC)c1. The molecule has 156 valence electrons. The lowest BCUT2D eigenvalue weighted by molar-refractivity contribution is -0.130. The van der Waals surface area contributed by atoms with Gasteiger partial charge in [0.15, 0.2) is 12.6 Å². The molecule has 7 nitrogen and oxygen atoms in total. The standard InChI is InChI=1S/C22H30N4O3/c1-5-23-22(24-14-17-8-6-10-19(12-17)28-4)25-15-18-9-7-11-20(13-18)29-16-21(27)26(2)3/h6-13H,5,14-16H2,1-4H3,(H2,23,24,25). The second kappa shape index (κ2) is 11.6. The average molecular weight is 399 g/mol. The van der Waals surface area contributed by atoms with Crippen LogP contribution in [0.5, 0.6) is 11.5 Å². The number of methoxy groups -OCH3 is 1. The highest BCUT2D eigenvalue weighted by atomic mass is 16.5. The lowest BCUT2D eigenvalue weighted by Crippen LogP contribution is -2.36. The third-order valence-electron chi connectivity index (χ3n) is 4.12. The smallest absolute Gasteiger partial charge is 0.259 e. The largest absolute Gasteiger partial charge is 0.497 e. The first-order chi connectivity index (χ1) is 14.0. The molecule has 2 N–H and O–H groups in total. The number of carbonyl (C=O) groups excluding carboxylic acids is 1. The number of benzene rings is 2. The van der Waals surface area contributed by atoms with E-state index in [1.54, 1.807) is 21.2 Å². The normalized spacial score (nSPS) is 11.0. The van der Waals surface area contributed by atoms with Gasteiger partial charge in [-0.1, -0.05) is 24.3 Å². The van der Waals surface area contributed by atoms with Gasteiger partial charge in [-0.15, -0.1) is 0 Å². The van der Waals surface area contributed by atoms with E-state index in [1.807, 2.05) is 55.5 Å². The number of ether oxygens (including phenoxy) is 2. The monoisotopic (exact) mass is 398 g/mol. The van der Waals surface area contributed by atoms with Gasteiger partial charge in [0.05, 0.1) is 13.7 Å². The van der Waals surface area contributed by atoms with Crippen molar-refractivity contribution in [3.63, 3.8) is 0 Å². The van der Waals surface area contributed by atoms with E-state index in [2.05, 4.69) is 15.6 Å². The van der Waals surface area contributed by atoms with Crippen LogP contribution in [-0.4, -0.2) is 51.1 Å². The van der Waals surface area contributed by atoms with Crippen LogP contribution in [0.25, 0.3) is 0 Å². The zero-order chi connectivity index (χ0) is 21.1. The molecule has 0 saturated carbocycles. The first kappa shape index (κ1) is 22.1. The van der Waals surface area contributed by atoms with Crippen LogP contribution >= 0.6 is 0 Å². The van der Waals surface area contributed by atoms with Crippen LogP contribution in [0.2, 0.25) is 0 Å². The zero-order valence-electron chi connectivity index (χ0n) is 17.6. The van der Waals surface area contributed by atoms with Gasteiger partial charge in [-0.2, -0.15) is 0 Å². The Bertz CT molecular complexity index is 821. The van der Waals surface area contributed by atoms with Crippen molar-refractivity contribution in [2.45, 2.75) is 20.0 Å². The van der Waals surface area contributed by atoms with Gasteiger partial charge in [0.2, 0.25) is 0 Å². The van der Waals surface area contributed by atoms with Crippen molar-refractivity contribution in [1.82, 2.24) is 15.5 Å². The molecule has 1 amide bonds. The molecule has 0 atom stereocenters. The van der Waals surface area contributed by atoms with Gasteiger partial charge in [-0.3, -0.25) is 4.79 Å². The van der Waals surface area contributed by atoms with Crippen LogP contribution in [0, 0.1) is 0 Å². The molecular weight excluding hydrogens is 368 g/mol. The lowest BCUT2D eigenvalue weighted by Gasteiger charge is -2.13. The molecular formula is C22H30N4O3. The van der Waals surface area contributed by atoms with Crippen molar-refractivity contribution < 1.29 is 14.3 Å². The first-order valence-corrected chi connectivity index (χ1v) is 9.58. The summed E-state index contributed by atoms with van der Waals surface area (Å²) in [5.41, 5.74) is 2.11. The van der Waals surface area contributed by atoms with Crippen LogP contribution in [-0.2, 0) is 17.9 Å². The highest BCUT2D eigenvalue weighted by molar-refractivity contribution is 5.79. The van der Waals surface area contributed by atoms with Crippen molar-refractivity contribution >= 4 is 11.9 Å². The number of carbonyl (C=O) groups is 1. The van der Waals surface area contributed by atoms with E-state index in [0.717, 1.165) is 29.4 Å². The van der Waals surface area contributed by atoms with Crippen molar-refractivity contribution in [1.29, 1.82) is 0 Å². The van der Waals surface area contributed by atoms with Gasteiger partial charge in [0.1, 0.15) is 11.5 Å². The predicted octanol–water partition coefficient (Wildman–Crippen LogP) is 2.42. The Hall–Kier alpha value is -3.22. The molecule has 0 radical (unpaired) electrons. The Morgan fingerprint density at radius 2 is 1.72 bits per heavy atom. The Labute approximate surface area is 172 Å². The molecule has 0 unspecified atom stereocenters. The summed E-state index contributed by atoms with van der Waals surface area (Å²) in [6, 6.07) is 15.5. The van der Waals surface area contributed by atoms with E-state index in [9.17, 15) is 4.79 Å². The summed E-state index contributed by atoms with van der Waals surface area (Å²) in [6.45, 7) is 3.94. The Kier molecular flexibility index (Phi) is 8.82. The number of nitrogens with one attached hydrogen (secondary N) is 2. The predicted molar refractivity (Wildman–Crippen MR) is 115 cm³/mol. The molecule has 2 aromatic carbocycles. The van der Waals surface area contributed by atoms with Gasteiger partial charge in [0, 0.05) is 27.2 Å². The molecule has 0 aromatic heterocycles. The molecule has 0 fully saturated rings. The summed E-state index contributed by atoms with van der Waals surface area (Å²) in [5.74, 6) is 2.13. The first-order valence-electron chi connectivity index (χ1n) is 9.58. The maximum Gasteiger partial charge on any atom is 0.259 e. The molecule has 0 heterocycles. The second-order valence-electron chi connectivity index (χ2n) is 6.62. The van der Waals surface area contributed by atoms with E-state index < -0.39 is 0 Å². The maximum absolute atomic E-state index is 11.7. The van der Waals surface area contributed by atoms with Crippen molar-refractivity contribution in [2.75, 3.05) is 34.4 Å². The van der Waals surface area contributed by atoms with Crippen molar-refractivity contribution in [3.8, 4) is 11.5 Å². The summed E-state index contributed by atoms with van der Waals surface area (Å²) >= 11 is 0. The number of likely N-dealkylation sites (N-methyl/N-ethyl adjacent to an activating group) is 1. The molecule has 0 bridgehead atoms. The number of aliphatic imine (C=N–C) groups is 1. The number of nitrogens with zero attached hydrogens (tertiary/aromatic N) is 2. The summed E-state index contributed by atoms with van der Waals surface area (Å²) < 4.78 is 10.8. The second-order valence-corrected chi connectivity index (χ2v) is 6.62. The Morgan fingerprint density at radius 3 is 2.41 bits per heavy atom. The fourth-order valence-corrected chi connectivity index (χ4v) is 2.49. The van der Waals surface area contributed by atoms with Gasteiger partial charge >= 0.3 is 0 Å². The summed E-state index contributed by atoms with van der Waals surface area (Å²) in [7, 11) is 5.07. The topological polar surface area (TPSA) is 75.2 Å². The molecule has 2 rings (SSSR count). The fraction of sp³-hybridized carbons (Fsp3) is 0.364. The summed E-state index contributed by atoms with van der Waals surface area (Å²) in [6.07, 6.45) is 0. The van der Waals surface area contributed by atoms with Crippen LogP contribution in [0.1, 0.15) is 18.1 Å². The van der Waals surface area contributed by atoms with E-state index in [4.69, 9.17) is 9.47 Å². The van der Waals surface area contributed by atoms with Crippen molar-refractivity contribution in [2.24, 2.45) is 4.99 Å².